The van der Waals surface area contributed by atoms with Crippen LogP contribution in [0, 0.1) is 0 Å². The average molecular weight is 252 g/mol. The van der Waals surface area contributed by atoms with Crippen LogP contribution in [0.4, 0.5) is 0 Å². The van der Waals surface area contributed by atoms with Gasteiger partial charge in [0.15, 0.2) is 0 Å². The molecule has 96 valence electrons. The molecule has 1 heterocycles. The van der Waals surface area contributed by atoms with Crippen LogP contribution >= 0.6 is 12.4 Å². The second kappa shape index (κ2) is 7.87. The van der Waals surface area contributed by atoms with Gasteiger partial charge in [-0.2, -0.15) is 0 Å². The molecule has 1 rings (SSSR count). The molecular formula is C11H22ClNO3. The number of hydrogen-bond donors (Lipinski definition) is 1. The Balaban J connectivity index is 0.00000225. The highest BCUT2D eigenvalue weighted by atomic mass is 35.5. The zero-order valence-electron chi connectivity index (χ0n) is 10.0. The first-order valence-electron chi connectivity index (χ1n) is 5.71. The first-order valence-corrected chi connectivity index (χ1v) is 5.71. The molecular weight excluding hydrogens is 230 g/mol. The Bertz CT molecular complexity index is 213. The summed E-state index contributed by atoms with van der Waals surface area (Å²) >= 11 is 0. The van der Waals surface area contributed by atoms with E-state index in [-0.39, 0.29) is 24.9 Å². The number of hydrogen-bond acceptors (Lipinski definition) is 3. The summed E-state index contributed by atoms with van der Waals surface area (Å²) in [6, 6.07) is 0. The van der Waals surface area contributed by atoms with Crippen molar-refractivity contribution >= 4 is 18.4 Å². The maximum atomic E-state index is 10.4. The Morgan fingerprint density at radius 1 is 1.50 bits per heavy atom. The lowest BCUT2D eigenvalue weighted by Gasteiger charge is -2.36. The number of morpholine rings is 1. The second-order valence-corrected chi connectivity index (χ2v) is 4.23. The minimum Gasteiger partial charge on any atom is -0.481 e. The van der Waals surface area contributed by atoms with Crippen LogP contribution in [0.2, 0.25) is 0 Å². The fourth-order valence-corrected chi connectivity index (χ4v) is 2.00. The molecule has 0 radical (unpaired) electrons. The molecule has 0 spiro atoms. The molecule has 1 saturated heterocycles. The number of aliphatic carboxylic acids is 1. The van der Waals surface area contributed by atoms with Crippen molar-refractivity contribution in [3.05, 3.63) is 0 Å². The van der Waals surface area contributed by atoms with Crippen molar-refractivity contribution in [1.82, 2.24) is 4.90 Å². The lowest BCUT2D eigenvalue weighted by Crippen LogP contribution is -2.46. The van der Waals surface area contributed by atoms with E-state index in [1.165, 1.54) is 0 Å². The predicted octanol–water partition coefficient (Wildman–Crippen LogP) is 1.77. The van der Waals surface area contributed by atoms with Crippen molar-refractivity contribution in [2.45, 2.75) is 45.3 Å². The van der Waals surface area contributed by atoms with E-state index in [0.29, 0.717) is 6.10 Å². The predicted molar refractivity (Wildman–Crippen MR) is 65.2 cm³/mol. The SMILES string of the molecule is CCC1CN(CCCC(=O)O)CC(C)O1.Cl. The van der Waals surface area contributed by atoms with E-state index < -0.39 is 5.97 Å². The summed E-state index contributed by atoms with van der Waals surface area (Å²) in [5.41, 5.74) is 0. The number of ether oxygens (including phenoxy) is 1. The number of halogens is 1. The van der Waals surface area contributed by atoms with Crippen LogP contribution in [-0.4, -0.2) is 47.8 Å². The summed E-state index contributed by atoms with van der Waals surface area (Å²) in [5, 5.41) is 8.55. The van der Waals surface area contributed by atoms with Gasteiger partial charge in [0, 0.05) is 19.5 Å². The van der Waals surface area contributed by atoms with E-state index in [4.69, 9.17) is 9.84 Å². The van der Waals surface area contributed by atoms with Gasteiger partial charge < -0.3 is 9.84 Å². The maximum absolute atomic E-state index is 10.4. The Morgan fingerprint density at radius 3 is 2.75 bits per heavy atom. The van der Waals surface area contributed by atoms with Crippen LogP contribution in [-0.2, 0) is 9.53 Å². The van der Waals surface area contributed by atoms with Gasteiger partial charge in [0.25, 0.3) is 0 Å². The van der Waals surface area contributed by atoms with E-state index in [0.717, 1.165) is 32.5 Å². The van der Waals surface area contributed by atoms with Crippen molar-refractivity contribution in [3.63, 3.8) is 0 Å². The van der Waals surface area contributed by atoms with Crippen molar-refractivity contribution in [2.24, 2.45) is 0 Å². The van der Waals surface area contributed by atoms with Gasteiger partial charge in [0.1, 0.15) is 0 Å². The standard InChI is InChI=1S/C11H21NO3.ClH/c1-3-10-8-12(7-9(2)15-10)6-4-5-11(13)14;/h9-10H,3-8H2,1-2H3,(H,13,14);1H. The molecule has 1 N–H and O–H groups in total. The summed E-state index contributed by atoms with van der Waals surface area (Å²) in [7, 11) is 0. The van der Waals surface area contributed by atoms with E-state index in [1.54, 1.807) is 0 Å². The minimum atomic E-state index is -0.705. The van der Waals surface area contributed by atoms with Crippen LogP contribution in [0.5, 0.6) is 0 Å². The monoisotopic (exact) mass is 251 g/mol. The Labute approximate surface area is 103 Å². The van der Waals surface area contributed by atoms with Gasteiger partial charge in [-0.25, -0.2) is 0 Å². The maximum Gasteiger partial charge on any atom is 0.303 e. The summed E-state index contributed by atoms with van der Waals surface area (Å²) < 4.78 is 5.74. The number of rotatable bonds is 5. The Hall–Kier alpha value is -0.320. The van der Waals surface area contributed by atoms with Gasteiger partial charge in [0.2, 0.25) is 0 Å². The largest absolute Gasteiger partial charge is 0.481 e. The van der Waals surface area contributed by atoms with E-state index >= 15 is 0 Å². The van der Waals surface area contributed by atoms with Crippen LogP contribution < -0.4 is 0 Å². The highest BCUT2D eigenvalue weighted by molar-refractivity contribution is 5.85. The van der Waals surface area contributed by atoms with Crippen molar-refractivity contribution in [3.8, 4) is 0 Å². The fraction of sp³-hybridized carbons (Fsp3) is 0.909. The Morgan fingerprint density at radius 2 is 2.19 bits per heavy atom. The number of carboxylic acid groups (broad SMARTS) is 1. The molecule has 0 bridgehead atoms. The first-order chi connectivity index (χ1) is 7.11. The zero-order valence-corrected chi connectivity index (χ0v) is 10.8. The lowest BCUT2D eigenvalue weighted by atomic mass is 10.1. The third kappa shape index (κ3) is 5.68. The molecule has 2 atom stereocenters. The highest BCUT2D eigenvalue weighted by Gasteiger charge is 2.23. The summed E-state index contributed by atoms with van der Waals surface area (Å²) in [5.74, 6) is -0.705. The van der Waals surface area contributed by atoms with Crippen LogP contribution in [0.3, 0.4) is 0 Å². The fourth-order valence-electron chi connectivity index (χ4n) is 2.00. The molecule has 16 heavy (non-hydrogen) atoms. The number of carboxylic acids is 1. The van der Waals surface area contributed by atoms with Crippen LogP contribution in [0.25, 0.3) is 0 Å². The van der Waals surface area contributed by atoms with Crippen molar-refractivity contribution in [1.29, 1.82) is 0 Å². The van der Waals surface area contributed by atoms with Crippen molar-refractivity contribution < 1.29 is 14.6 Å². The molecule has 1 fully saturated rings. The van der Waals surface area contributed by atoms with Crippen molar-refractivity contribution in [2.75, 3.05) is 19.6 Å². The van der Waals surface area contributed by atoms with Crippen LogP contribution in [0.1, 0.15) is 33.1 Å². The van der Waals surface area contributed by atoms with E-state index in [9.17, 15) is 4.79 Å². The molecule has 0 saturated carbocycles. The number of nitrogens with zero attached hydrogens (tertiary/aromatic N) is 1. The molecule has 0 aromatic rings. The minimum absolute atomic E-state index is 0. The smallest absolute Gasteiger partial charge is 0.303 e. The molecule has 4 nitrogen and oxygen atoms in total. The average Bonchev–Trinajstić information content (AvgIpc) is 2.16. The van der Waals surface area contributed by atoms with Gasteiger partial charge in [-0.1, -0.05) is 6.92 Å². The highest BCUT2D eigenvalue weighted by Crippen LogP contribution is 2.13. The summed E-state index contributed by atoms with van der Waals surface area (Å²) in [6.07, 6.45) is 2.62. The van der Waals surface area contributed by atoms with E-state index in [1.807, 2.05) is 0 Å². The topological polar surface area (TPSA) is 49.8 Å². The van der Waals surface area contributed by atoms with Crippen LogP contribution in [0.15, 0.2) is 0 Å². The first kappa shape index (κ1) is 15.7. The third-order valence-electron chi connectivity index (χ3n) is 2.72. The second-order valence-electron chi connectivity index (χ2n) is 4.23. The normalized spacial score (nSPS) is 26.1. The molecule has 0 amide bonds. The molecule has 1 aliphatic rings. The van der Waals surface area contributed by atoms with Gasteiger partial charge in [-0.05, 0) is 26.3 Å². The van der Waals surface area contributed by atoms with Gasteiger partial charge >= 0.3 is 5.97 Å². The van der Waals surface area contributed by atoms with Gasteiger partial charge in [0.05, 0.1) is 12.2 Å². The molecule has 2 unspecified atom stereocenters. The number of carbonyl (C=O) groups is 1. The third-order valence-corrected chi connectivity index (χ3v) is 2.72. The molecule has 0 aromatic carbocycles. The lowest BCUT2D eigenvalue weighted by molar-refractivity contribution is -0.137. The quantitative estimate of drug-likeness (QED) is 0.809. The van der Waals surface area contributed by atoms with Gasteiger partial charge in [-0.3, -0.25) is 9.69 Å². The van der Waals surface area contributed by atoms with E-state index in [2.05, 4.69) is 18.7 Å². The van der Waals surface area contributed by atoms with Gasteiger partial charge in [-0.15, -0.1) is 12.4 Å². The summed E-state index contributed by atoms with van der Waals surface area (Å²) in [4.78, 5) is 12.7. The zero-order chi connectivity index (χ0) is 11.3. The molecule has 1 aliphatic heterocycles. The molecule has 5 heteroatoms. The Kier molecular flexibility index (Phi) is 7.72. The molecule has 0 aromatic heterocycles. The summed E-state index contributed by atoms with van der Waals surface area (Å²) in [6.45, 7) is 6.94. The molecule has 0 aliphatic carbocycles.